The number of carbonyl (C=O) groups is 1. The quantitative estimate of drug-likeness (QED) is 0.306. The fourth-order valence-electron chi connectivity index (χ4n) is 5.32. The number of nitrogens with one attached hydrogen (secondary N) is 1. The predicted octanol–water partition coefficient (Wildman–Crippen LogP) is 7.36. The predicted molar refractivity (Wildman–Crippen MR) is 141 cm³/mol. The molecule has 1 N–H and O–H groups in total. The van der Waals surface area contributed by atoms with Crippen molar-refractivity contribution in [2.24, 2.45) is 0 Å². The van der Waals surface area contributed by atoms with Gasteiger partial charge in [0.2, 0.25) is 0 Å². The number of ether oxygens (including phenoxy) is 1. The van der Waals surface area contributed by atoms with E-state index in [-0.39, 0.29) is 17.1 Å². The molecule has 0 spiro atoms. The maximum Gasteiger partial charge on any atom is 0.322 e. The van der Waals surface area contributed by atoms with Crippen molar-refractivity contribution in [1.29, 1.82) is 0 Å². The van der Waals surface area contributed by atoms with Crippen LogP contribution in [0.4, 0.5) is 14.9 Å². The number of urea groups is 1. The van der Waals surface area contributed by atoms with E-state index in [2.05, 4.69) is 22.1 Å². The van der Waals surface area contributed by atoms with Crippen LogP contribution in [0.1, 0.15) is 46.1 Å². The van der Waals surface area contributed by atoms with Crippen LogP contribution in [0.15, 0.2) is 60.8 Å². The zero-order valence-corrected chi connectivity index (χ0v) is 21.3. The normalized spacial score (nSPS) is 16.5. The Morgan fingerprint density at radius 3 is 2.81 bits per heavy atom. The molecule has 2 aromatic heterocycles. The van der Waals surface area contributed by atoms with E-state index in [4.69, 9.17) is 16.3 Å². The second-order valence-corrected chi connectivity index (χ2v) is 10.7. The van der Waals surface area contributed by atoms with E-state index in [9.17, 15) is 9.18 Å². The fourth-order valence-corrected chi connectivity index (χ4v) is 6.90. The summed E-state index contributed by atoms with van der Waals surface area (Å²) >= 11 is 7.84. The Morgan fingerprint density at radius 2 is 1.97 bits per heavy atom. The van der Waals surface area contributed by atoms with Crippen LogP contribution in [0.3, 0.4) is 0 Å². The SMILES string of the molecule is COc1cccc(C2c3cccn3-c3sc4c(c3CN2C(=O)Nc2ccc(F)c(Cl)c2)CCCC4)c1. The zero-order chi connectivity index (χ0) is 24.8. The van der Waals surface area contributed by atoms with E-state index in [0.29, 0.717) is 12.2 Å². The number of amides is 2. The van der Waals surface area contributed by atoms with Gasteiger partial charge < -0.3 is 19.5 Å². The lowest BCUT2D eigenvalue weighted by molar-refractivity contribution is 0.194. The maximum atomic E-state index is 13.9. The fraction of sp³-hybridized carbons (Fsp3) is 0.250. The van der Waals surface area contributed by atoms with Crippen LogP contribution in [-0.4, -0.2) is 22.6 Å². The number of methoxy groups -OCH3 is 1. The number of hydrogen-bond acceptors (Lipinski definition) is 3. The minimum Gasteiger partial charge on any atom is -0.497 e. The average molecular weight is 522 g/mol. The smallest absolute Gasteiger partial charge is 0.322 e. The molecule has 184 valence electrons. The van der Waals surface area contributed by atoms with Crippen molar-refractivity contribution in [2.45, 2.75) is 38.3 Å². The number of rotatable bonds is 3. The van der Waals surface area contributed by atoms with Gasteiger partial charge in [-0.05, 0) is 79.3 Å². The third-order valence-corrected chi connectivity index (χ3v) is 8.64. The van der Waals surface area contributed by atoms with Crippen LogP contribution >= 0.6 is 22.9 Å². The summed E-state index contributed by atoms with van der Waals surface area (Å²) in [4.78, 5) is 17.2. The van der Waals surface area contributed by atoms with Gasteiger partial charge in [0.15, 0.2) is 0 Å². The van der Waals surface area contributed by atoms with Gasteiger partial charge in [-0.2, -0.15) is 0 Å². The molecule has 2 aromatic carbocycles. The van der Waals surface area contributed by atoms with Crippen LogP contribution in [-0.2, 0) is 19.4 Å². The summed E-state index contributed by atoms with van der Waals surface area (Å²) in [7, 11) is 1.64. The minimum absolute atomic E-state index is 0.0314. The third-order valence-electron chi connectivity index (χ3n) is 7.02. The highest BCUT2D eigenvalue weighted by Crippen LogP contribution is 2.44. The number of aromatic nitrogens is 1. The van der Waals surface area contributed by atoms with Crippen molar-refractivity contribution in [3.63, 3.8) is 0 Å². The molecule has 8 heteroatoms. The highest BCUT2D eigenvalue weighted by Gasteiger charge is 2.36. The van der Waals surface area contributed by atoms with Crippen molar-refractivity contribution >= 4 is 34.7 Å². The third kappa shape index (κ3) is 3.96. The summed E-state index contributed by atoms with van der Waals surface area (Å²) < 4.78 is 21.5. The molecular formula is C28H25ClFN3O2S. The second kappa shape index (κ2) is 9.30. The van der Waals surface area contributed by atoms with E-state index in [1.165, 1.54) is 45.6 Å². The molecule has 1 aliphatic heterocycles. The summed E-state index contributed by atoms with van der Waals surface area (Å²) in [5.74, 6) is 0.207. The number of fused-ring (bicyclic) bond motifs is 5. The lowest BCUT2D eigenvalue weighted by Crippen LogP contribution is -2.38. The van der Waals surface area contributed by atoms with Crippen molar-refractivity contribution in [3.8, 4) is 10.8 Å². The zero-order valence-electron chi connectivity index (χ0n) is 19.8. The molecule has 1 atom stereocenters. The molecule has 1 unspecified atom stereocenters. The molecule has 5 nitrogen and oxygen atoms in total. The highest BCUT2D eigenvalue weighted by molar-refractivity contribution is 7.15. The molecule has 2 amide bonds. The number of hydrogen-bond donors (Lipinski definition) is 1. The van der Waals surface area contributed by atoms with E-state index in [1.54, 1.807) is 7.11 Å². The van der Waals surface area contributed by atoms with Gasteiger partial charge in [0, 0.05) is 22.3 Å². The topological polar surface area (TPSA) is 46.5 Å². The average Bonchev–Trinajstić information content (AvgIpc) is 3.48. The van der Waals surface area contributed by atoms with Crippen LogP contribution in [0.2, 0.25) is 5.02 Å². The summed E-state index contributed by atoms with van der Waals surface area (Å²) in [6.45, 7) is 0.464. The number of carbonyl (C=O) groups excluding carboxylic acids is 1. The largest absolute Gasteiger partial charge is 0.497 e. The van der Waals surface area contributed by atoms with Crippen LogP contribution in [0.5, 0.6) is 5.75 Å². The standard InChI is InChI=1S/C28H25ClFN3O2S/c1-35-19-7-4-6-17(14-19)26-24-9-5-13-32(24)27-21(20-8-2-3-10-25(20)36-27)16-33(26)28(34)31-18-11-12-23(30)22(29)15-18/h4-7,9,11-15,26H,2-3,8,10,16H2,1H3,(H,31,34). The first-order valence-electron chi connectivity index (χ1n) is 12.0. The Labute approximate surface area is 218 Å². The monoisotopic (exact) mass is 521 g/mol. The summed E-state index contributed by atoms with van der Waals surface area (Å²) in [5.41, 5.74) is 5.00. The Kier molecular flexibility index (Phi) is 5.97. The maximum absolute atomic E-state index is 13.9. The summed E-state index contributed by atoms with van der Waals surface area (Å²) in [6.07, 6.45) is 6.57. The van der Waals surface area contributed by atoms with Gasteiger partial charge in [0.05, 0.1) is 30.4 Å². The van der Waals surface area contributed by atoms with Gasteiger partial charge >= 0.3 is 6.03 Å². The van der Waals surface area contributed by atoms with Crippen LogP contribution < -0.4 is 10.1 Å². The second-order valence-electron chi connectivity index (χ2n) is 9.16. The van der Waals surface area contributed by atoms with Gasteiger partial charge in [0.25, 0.3) is 0 Å². The first-order valence-corrected chi connectivity index (χ1v) is 13.2. The van der Waals surface area contributed by atoms with Crippen molar-refractivity contribution in [2.75, 3.05) is 12.4 Å². The highest BCUT2D eigenvalue weighted by atomic mass is 35.5. The van der Waals surface area contributed by atoms with Crippen LogP contribution in [0.25, 0.3) is 5.00 Å². The Morgan fingerprint density at radius 1 is 1.11 bits per heavy atom. The molecule has 0 fully saturated rings. The van der Waals surface area contributed by atoms with E-state index in [0.717, 1.165) is 36.3 Å². The number of anilines is 1. The van der Waals surface area contributed by atoms with Crippen molar-refractivity contribution < 1.29 is 13.9 Å². The van der Waals surface area contributed by atoms with Crippen molar-refractivity contribution in [3.05, 3.63) is 98.9 Å². The summed E-state index contributed by atoms with van der Waals surface area (Å²) in [5, 5.41) is 4.12. The molecule has 4 aromatic rings. The van der Waals surface area contributed by atoms with Gasteiger partial charge in [-0.15, -0.1) is 11.3 Å². The Hall–Kier alpha value is -3.29. The number of benzene rings is 2. The first-order chi connectivity index (χ1) is 17.5. The Balaban J connectivity index is 1.49. The number of halogens is 2. The molecule has 36 heavy (non-hydrogen) atoms. The van der Waals surface area contributed by atoms with Crippen molar-refractivity contribution in [1.82, 2.24) is 9.47 Å². The molecule has 0 saturated heterocycles. The van der Waals surface area contributed by atoms with Gasteiger partial charge in [-0.25, -0.2) is 9.18 Å². The first kappa shape index (κ1) is 23.1. The van der Waals surface area contributed by atoms with E-state index < -0.39 is 5.82 Å². The van der Waals surface area contributed by atoms with Crippen LogP contribution in [0, 0.1) is 5.82 Å². The van der Waals surface area contributed by atoms with Gasteiger partial charge in [-0.1, -0.05) is 23.7 Å². The van der Waals surface area contributed by atoms with Gasteiger partial charge in [-0.3, -0.25) is 0 Å². The lowest BCUT2D eigenvalue weighted by atomic mass is 9.95. The van der Waals surface area contributed by atoms with E-state index >= 15 is 0 Å². The molecule has 1 aliphatic carbocycles. The molecule has 6 rings (SSSR count). The molecule has 3 heterocycles. The number of aryl methyl sites for hydroxylation is 1. The summed E-state index contributed by atoms with van der Waals surface area (Å²) in [6, 6.07) is 15.5. The molecule has 2 aliphatic rings. The lowest BCUT2D eigenvalue weighted by Gasteiger charge is -2.31. The minimum atomic E-state index is -0.522. The van der Waals surface area contributed by atoms with Gasteiger partial charge in [0.1, 0.15) is 16.6 Å². The molecule has 0 radical (unpaired) electrons. The molecular weight excluding hydrogens is 497 g/mol. The molecule has 0 bridgehead atoms. The number of thiophene rings is 1. The van der Waals surface area contributed by atoms with E-state index in [1.807, 2.05) is 46.6 Å². The molecule has 0 saturated carbocycles. The Bertz CT molecular complexity index is 1460. The number of nitrogens with zero attached hydrogens (tertiary/aromatic N) is 2.